The molecule has 4 rings (SSSR count). The van der Waals surface area contributed by atoms with Gasteiger partial charge < -0.3 is 10.3 Å². The third-order valence-corrected chi connectivity index (χ3v) is 7.56. The summed E-state index contributed by atoms with van der Waals surface area (Å²) < 4.78 is 0. The minimum atomic E-state index is -0.173. The molecule has 0 saturated heterocycles. The number of para-hydroxylation sites is 1. The maximum Gasteiger partial charge on any atom is 0.0459 e. The van der Waals surface area contributed by atoms with Gasteiger partial charge in [-0.25, -0.2) is 0 Å². The standard InChI is InChI=1S/C21H26ClN2/c1-6-21(4)15(22)11-13-17(19(21)23-5)16-12-9-7-8-10-14(12)24-18(16)20(13,2)3/h6-10,13,15,17,19,24H,1,11H2,2-5H3/q-1/t13?,15-,17?,19-,21-/m1/s1. The molecule has 1 N–H and O–H groups in total. The maximum absolute atomic E-state index is 6.88. The van der Waals surface area contributed by atoms with E-state index in [0.29, 0.717) is 11.8 Å². The summed E-state index contributed by atoms with van der Waals surface area (Å²) in [5.41, 5.74) is 3.99. The van der Waals surface area contributed by atoms with Crippen LogP contribution in [0.1, 0.15) is 44.4 Å². The van der Waals surface area contributed by atoms with Gasteiger partial charge in [0.25, 0.3) is 0 Å². The van der Waals surface area contributed by atoms with Crippen molar-refractivity contribution in [1.29, 1.82) is 0 Å². The molecule has 0 radical (unpaired) electrons. The number of likely N-dealkylation sites (N-methyl/N-ethyl adjacent to an activating group) is 1. The number of nitrogens with one attached hydrogen (secondary N) is 1. The molecule has 5 atom stereocenters. The zero-order valence-electron chi connectivity index (χ0n) is 14.9. The second kappa shape index (κ2) is 5.12. The Labute approximate surface area is 149 Å². The lowest BCUT2D eigenvalue weighted by Crippen LogP contribution is -2.50. The summed E-state index contributed by atoms with van der Waals surface area (Å²) in [5.74, 6) is 0.904. The third-order valence-electron chi connectivity index (χ3n) is 6.92. The Kier molecular flexibility index (Phi) is 3.47. The minimum Gasteiger partial charge on any atom is -0.661 e. The van der Waals surface area contributed by atoms with Gasteiger partial charge in [0.15, 0.2) is 0 Å². The normalized spacial score (nSPS) is 37.2. The smallest absolute Gasteiger partial charge is 0.0459 e. The molecule has 1 heterocycles. The summed E-state index contributed by atoms with van der Waals surface area (Å²) in [4.78, 5) is 3.72. The summed E-state index contributed by atoms with van der Waals surface area (Å²) in [6, 6.07) is 8.82. The fourth-order valence-electron chi connectivity index (χ4n) is 5.41. The molecule has 0 aliphatic heterocycles. The number of fused-ring (bicyclic) bond motifs is 5. The van der Waals surface area contributed by atoms with E-state index in [4.69, 9.17) is 16.9 Å². The number of benzene rings is 1. The highest BCUT2D eigenvalue weighted by Gasteiger charge is 2.56. The molecule has 0 bridgehead atoms. The van der Waals surface area contributed by atoms with Crippen LogP contribution in [-0.4, -0.2) is 23.5 Å². The van der Waals surface area contributed by atoms with Crippen molar-refractivity contribution >= 4 is 22.5 Å². The second-order valence-electron chi connectivity index (χ2n) is 8.29. The van der Waals surface area contributed by atoms with Crippen molar-refractivity contribution in [3.05, 3.63) is 53.5 Å². The van der Waals surface area contributed by atoms with Gasteiger partial charge in [-0.1, -0.05) is 45.0 Å². The highest BCUT2D eigenvalue weighted by Crippen LogP contribution is 2.63. The molecule has 3 heteroatoms. The van der Waals surface area contributed by atoms with E-state index in [2.05, 4.69) is 56.6 Å². The van der Waals surface area contributed by atoms with E-state index in [-0.39, 0.29) is 22.2 Å². The number of halogens is 1. The van der Waals surface area contributed by atoms with Crippen LogP contribution in [0, 0.1) is 11.3 Å². The van der Waals surface area contributed by atoms with Gasteiger partial charge in [-0.15, -0.1) is 24.2 Å². The number of alkyl halides is 1. The van der Waals surface area contributed by atoms with Crippen LogP contribution < -0.4 is 0 Å². The van der Waals surface area contributed by atoms with Gasteiger partial charge in [0.1, 0.15) is 0 Å². The molecule has 0 amide bonds. The Morgan fingerprint density at radius 1 is 1.29 bits per heavy atom. The Balaban J connectivity index is 1.98. The molecular formula is C21H26ClN2-. The first kappa shape index (κ1) is 16.2. The van der Waals surface area contributed by atoms with Gasteiger partial charge >= 0.3 is 0 Å². The van der Waals surface area contributed by atoms with Crippen molar-refractivity contribution in [2.24, 2.45) is 11.3 Å². The predicted molar refractivity (Wildman–Crippen MR) is 103 cm³/mol. The van der Waals surface area contributed by atoms with Crippen LogP contribution in [0.3, 0.4) is 0 Å². The topological polar surface area (TPSA) is 29.9 Å². The minimum absolute atomic E-state index is 0.0690. The number of hydrogen-bond donors (Lipinski definition) is 1. The van der Waals surface area contributed by atoms with Gasteiger partial charge in [-0.05, 0) is 35.3 Å². The van der Waals surface area contributed by atoms with Crippen LogP contribution in [0.2, 0.25) is 0 Å². The van der Waals surface area contributed by atoms with E-state index in [0.717, 1.165) is 6.42 Å². The van der Waals surface area contributed by atoms with Crippen molar-refractivity contribution in [3.63, 3.8) is 0 Å². The Morgan fingerprint density at radius 3 is 2.67 bits per heavy atom. The number of nitrogens with zero attached hydrogens (tertiary/aromatic N) is 1. The van der Waals surface area contributed by atoms with Gasteiger partial charge in [-0.2, -0.15) is 7.05 Å². The van der Waals surface area contributed by atoms with Crippen molar-refractivity contribution in [3.8, 4) is 0 Å². The van der Waals surface area contributed by atoms with E-state index in [1.165, 1.54) is 22.2 Å². The average Bonchev–Trinajstić information content (AvgIpc) is 3.04. The van der Waals surface area contributed by atoms with Gasteiger partial charge in [0, 0.05) is 27.4 Å². The number of aromatic amines is 1. The molecule has 1 fully saturated rings. The number of H-pyrrole nitrogens is 1. The number of hydrogen-bond acceptors (Lipinski definition) is 0. The van der Waals surface area contributed by atoms with Crippen LogP contribution in [0.25, 0.3) is 16.2 Å². The molecular weight excluding hydrogens is 316 g/mol. The maximum atomic E-state index is 6.88. The van der Waals surface area contributed by atoms with E-state index >= 15 is 0 Å². The predicted octanol–water partition coefficient (Wildman–Crippen LogP) is 5.73. The first-order chi connectivity index (χ1) is 11.4. The molecule has 24 heavy (non-hydrogen) atoms. The molecule has 128 valence electrons. The summed E-state index contributed by atoms with van der Waals surface area (Å²) in [7, 11) is 1.94. The quantitative estimate of drug-likeness (QED) is 0.533. The molecule has 2 nitrogen and oxygen atoms in total. The second-order valence-corrected chi connectivity index (χ2v) is 8.82. The average molecular weight is 342 g/mol. The molecule has 1 aromatic carbocycles. The van der Waals surface area contributed by atoms with Gasteiger partial charge in [0.2, 0.25) is 0 Å². The summed E-state index contributed by atoms with van der Waals surface area (Å²) in [6.45, 7) is 11.1. The highest BCUT2D eigenvalue weighted by atomic mass is 35.5. The van der Waals surface area contributed by atoms with Crippen LogP contribution >= 0.6 is 11.6 Å². The largest absolute Gasteiger partial charge is 0.661 e. The van der Waals surface area contributed by atoms with Crippen LogP contribution in [-0.2, 0) is 5.41 Å². The molecule has 2 unspecified atom stereocenters. The molecule has 2 aliphatic carbocycles. The molecule has 2 aliphatic rings. The Bertz CT molecular complexity index is 805. The van der Waals surface area contributed by atoms with E-state index in [9.17, 15) is 0 Å². The zero-order chi connectivity index (χ0) is 17.3. The van der Waals surface area contributed by atoms with Crippen LogP contribution in [0.4, 0.5) is 0 Å². The first-order valence-corrected chi connectivity index (χ1v) is 9.27. The Hall–Kier alpha value is -1.25. The lowest BCUT2D eigenvalue weighted by molar-refractivity contribution is 0.144. The van der Waals surface area contributed by atoms with Crippen molar-refractivity contribution in [2.75, 3.05) is 7.05 Å². The van der Waals surface area contributed by atoms with Crippen LogP contribution in [0.5, 0.6) is 0 Å². The summed E-state index contributed by atoms with van der Waals surface area (Å²) >= 11 is 6.88. The van der Waals surface area contributed by atoms with Crippen molar-refractivity contribution in [1.82, 2.24) is 4.98 Å². The lowest BCUT2D eigenvalue weighted by atomic mass is 9.59. The fourth-order valence-corrected chi connectivity index (χ4v) is 5.82. The van der Waals surface area contributed by atoms with E-state index < -0.39 is 0 Å². The van der Waals surface area contributed by atoms with E-state index in [1.807, 2.05) is 13.1 Å². The number of aromatic nitrogens is 1. The summed E-state index contributed by atoms with van der Waals surface area (Å²) in [6.07, 6.45) is 3.04. The third kappa shape index (κ3) is 1.82. The number of rotatable bonds is 2. The molecule has 1 aromatic heterocycles. The lowest BCUT2D eigenvalue weighted by Gasteiger charge is -2.57. The molecule has 2 aromatic rings. The Morgan fingerprint density at radius 2 is 2.00 bits per heavy atom. The molecule has 1 saturated carbocycles. The van der Waals surface area contributed by atoms with Gasteiger partial charge in [0.05, 0.1) is 0 Å². The van der Waals surface area contributed by atoms with Crippen LogP contribution in [0.15, 0.2) is 36.9 Å². The fraction of sp³-hybridized carbons (Fsp3) is 0.524. The van der Waals surface area contributed by atoms with Crippen molar-refractivity contribution < 1.29 is 0 Å². The van der Waals surface area contributed by atoms with E-state index in [1.54, 1.807) is 0 Å². The van der Waals surface area contributed by atoms with Crippen molar-refractivity contribution in [2.45, 2.75) is 49.9 Å². The first-order valence-electron chi connectivity index (χ1n) is 8.84. The monoisotopic (exact) mass is 341 g/mol. The highest BCUT2D eigenvalue weighted by molar-refractivity contribution is 6.21. The summed E-state index contributed by atoms with van der Waals surface area (Å²) in [5, 5.41) is 6.26. The SMILES string of the molecule is C=C[C@]1(C)[C@H](Cl)CC2C(c3c([nH]c4ccccc34)C2(C)C)[C@H]1[N-]C. The molecule has 0 spiro atoms. The van der Waals surface area contributed by atoms with Gasteiger partial charge in [-0.3, -0.25) is 0 Å². The zero-order valence-corrected chi connectivity index (χ0v) is 15.7.